The first-order chi connectivity index (χ1) is 12.1. The molecule has 0 radical (unpaired) electrons. The van der Waals surface area contributed by atoms with E-state index in [1.807, 2.05) is 24.3 Å². The van der Waals surface area contributed by atoms with Crippen LogP contribution in [0.3, 0.4) is 0 Å². The normalized spacial score (nSPS) is 11.0. The highest BCUT2D eigenvalue weighted by molar-refractivity contribution is 5.96. The van der Waals surface area contributed by atoms with Crippen LogP contribution in [0.1, 0.15) is 18.9 Å². The number of nitrogens with one attached hydrogen (secondary N) is 1. The number of para-hydroxylation sites is 2. The Balaban J connectivity index is 1.78. The van der Waals surface area contributed by atoms with Crippen LogP contribution in [0.25, 0.3) is 0 Å². The summed E-state index contributed by atoms with van der Waals surface area (Å²) in [5, 5.41) is 11.6. The van der Waals surface area contributed by atoms with Crippen molar-refractivity contribution in [2.24, 2.45) is 0 Å². The van der Waals surface area contributed by atoms with Gasteiger partial charge in [-0.2, -0.15) is 5.26 Å². The van der Waals surface area contributed by atoms with Crippen molar-refractivity contribution in [3.8, 4) is 11.8 Å². The minimum absolute atomic E-state index is 0.0291. The van der Waals surface area contributed by atoms with Crippen molar-refractivity contribution in [3.63, 3.8) is 0 Å². The second kappa shape index (κ2) is 9.08. The van der Waals surface area contributed by atoms with Crippen LogP contribution in [0.5, 0.6) is 5.75 Å². The molecule has 0 spiro atoms. The minimum Gasteiger partial charge on any atom is -0.493 e. The quantitative estimate of drug-likeness (QED) is 0.784. The fraction of sp³-hybridized carbons (Fsp3) is 0.211. The van der Waals surface area contributed by atoms with E-state index in [-0.39, 0.29) is 13.0 Å². The van der Waals surface area contributed by atoms with E-state index in [2.05, 4.69) is 5.32 Å². The zero-order valence-electron chi connectivity index (χ0n) is 13.8. The zero-order chi connectivity index (χ0) is 18.1. The Bertz CT molecular complexity index is 768. The molecule has 128 valence electrons. The van der Waals surface area contributed by atoms with Crippen LogP contribution in [0.4, 0.5) is 5.69 Å². The third-order valence-corrected chi connectivity index (χ3v) is 3.30. The predicted molar refractivity (Wildman–Crippen MR) is 91.9 cm³/mol. The summed E-state index contributed by atoms with van der Waals surface area (Å²) in [5.41, 5.74) is 0.718. The molecule has 2 aromatic rings. The lowest BCUT2D eigenvalue weighted by molar-refractivity contribution is -0.153. The Morgan fingerprint density at radius 3 is 2.52 bits per heavy atom. The molecule has 0 aliphatic carbocycles. The maximum Gasteiger partial charge on any atom is 0.310 e. The van der Waals surface area contributed by atoms with E-state index in [1.165, 1.54) is 6.92 Å². The van der Waals surface area contributed by atoms with Crippen molar-refractivity contribution in [1.29, 1.82) is 5.26 Å². The van der Waals surface area contributed by atoms with Crippen LogP contribution in [0.2, 0.25) is 0 Å². The van der Waals surface area contributed by atoms with Gasteiger partial charge in [0, 0.05) is 0 Å². The third kappa shape index (κ3) is 5.66. The lowest BCUT2D eigenvalue weighted by Crippen LogP contribution is -2.30. The molecule has 0 bridgehead atoms. The first-order valence-corrected chi connectivity index (χ1v) is 7.77. The number of carbonyl (C=O) groups is 2. The molecule has 0 fully saturated rings. The van der Waals surface area contributed by atoms with Gasteiger partial charge in [-0.05, 0) is 31.2 Å². The minimum atomic E-state index is -0.976. The number of hydrogen-bond donors (Lipinski definition) is 1. The van der Waals surface area contributed by atoms with Crippen molar-refractivity contribution in [3.05, 3.63) is 60.2 Å². The van der Waals surface area contributed by atoms with Gasteiger partial charge in [-0.25, -0.2) is 0 Å². The number of esters is 1. The highest BCUT2D eigenvalue weighted by atomic mass is 16.5. The number of nitriles is 1. The number of rotatable bonds is 7. The fourth-order valence-electron chi connectivity index (χ4n) is 2.00. The Labute approximate surface area is 146 Å². The van der Waals surface area contributed by atoms with Crippen LogP contribution in [-0.4, -0.2) is 24.6 Å². The number of carbonyl (C=O) groups excluding carboxylic acids is 2. The van der Waals surface area contributed by atoms with E-state index >= 15 is 0 Å². The molecule has 1 amide bonds. The summed E-state index contributed by atoms with van der Waals surface area (Å²) in [6.45, 7) is 1.63. The molecular formula is C19H18N2O4. The van der Waals surface area contributed by atoms with Crippen molar-refractivity contribution in [1.82, 2.24) is 0 Å². The molecule has 6 heteroatoms. The number of anilines is 1. The highest BCUT2D eigenvalue weighted by Crippen LogP contribution is 2.14. The second-order valence-corrected chi connectivity index (χ2v) is 5.19. The van der Waals surface area contributed by atoms with E-state index in [9.17, 15) is 9.59 Å². The van der Waals surface area contributed by atoms with Gasteiger partial charge in [-0.15, -0.1) is 0 Å². The van der Waals surface area contributed by atoms with Crippen LogP contribution in [-0.2, 0) is 14.3 Å². The first-order valence-electron chi connectivity index (χ1n) is 7.77. The number of ether oxygens (including phenoxy) is 2. The fourth-order valence-corrected chi connectivity index (χ4v) is 2.00. The summed E-state index contributed by atoms with van der Waals surface area (Å²) < 4.78 is 10.5. The van der Waals surface area contributed by atoms with Gasteiger partial charge in [0.25, 0.3) is 5.91 Å². The monoisotopic (exact) mass is 338 g/mol. The molecule has 0 aromatic heterocycles. The molecule has 0 aliphatic rings. The molecule has 1 atom stereocenters. The molecule has 2 rings (SSSR count). The smallest absolute Gasteiger partial charge is 0.310 e. The van der Waals surface area contributed by atoms with Gasteiger partial charge in [-0.1, -0.05) is 30.3 Å². The summed E-state index contributed by atoms with van der Waals surface area (Å²) in [4.78, 5) is 23.9. The van der Waals surface area contributed by atoms with Gasteiger partial charge in [0.2, 0.25) is 0 Å². The first kappa shape index (κ1) is 18.0. The van der Waals surface area contributed by atoms with Crippen LogP contribution < -0.4 is 10.1 Å². The van der Waals surface area contributed by atoms with Crippen molar-refractivity contribution in [2.45, 2.75) is 19.4 Å². The third-order valence-electron chi connectivity index (χ3n) is 3.30. The summed E-state index contributed by atoms with van der Waals surface area (Å²) in [7, 11) is 0. The lowest BCUT2D eigenvalue weighted by atomic mass is 10.2. The average Bonchev–Trinajstić information content (AvgIpc) is 2.63. The predicted octanol–water partition coefficient (Wildman–Crippen LogP) is 2.90. The summed E-state index contributed by atoms with van der Waals surface area (Å²) in [6.07, 6.45) is -0.947. The molecule has 2 aromatic carbocycles. The molecular weight excluding hydrogens is 320 g/mol. The number of benzene rings is 2. The van der Waals surface area contributed by atoms with Gasteiger partial charge in [0.05, 0.1) is 24.3 Å². The maximum absolute atomic E-state index is 12.1. The van der Waals surface area contributed by atoms with E-state index in [0.29, 0.717) is 17.0 Å². The van der Waals surface area contributed by atoms with E-state index in [1.54, 1.807) is 36.4 Å². The molecule has 0 heterocycles. The Hall–Kier alpha value is -3.33. The topological polar surface area (TPSA) is 88.4 Å². The largest absolute Gasteiger partial charge is 0.493 e. The lowest BCUT2D eigenvalue weighted by Gasteiger charge is -2.14. The van der Waals surface area contributed by atoms with Gasteiger partial charge < -0.3 is 14.8 Å². The Morgan fingerprint density at radius 2 is 1.80 bits per heavy atom. The molecule has 0 unspecified atom stereocenters. The number of amides is 1. The van der Waals surface area contributed by atoms with Gasteiger partial charge in [-0.3, -0.25) is 9.59 Å². The van der Waals surface area contributed by atoms with Crippen LogP contribution >= 0.6 is 0 Å². The number of nitrogens with zero attached hydrogens (tertiary/aromatic N) is 1. The highest BCUT2D eigenvalue weighted by Gasteiger charge is 2.18. The summed E-state index contributed by atoms with van der Waals surface area (Å²) in [6, 6.07) is 17.7. The molecule has 25 heavy (non-hydrogen) atoms. The van der Waals surface area contributed by atoms with Gasteiger partial charge >= 0.3 is 5.97 Å². The summed E-state index contributed by atoms with van der Waals surface area (Å²) in [5.74, 6) is -0.374. The van der Waals surface area contributed by atoms with Crippen molar-refractivity contribution >= 4 is 17.6 Å². The Morgan fingerprint density at radius 1 is 1.12 bits per heavy atom. The number of hydrogen-bond acceptors (Lipinski definition) is 5. The van der Waals surface area contributed by atoms with Crippen LogP contribution in [0.15, 0.2) is 54.6 Å². The molecule has 6 nitrogen and oxygen atoms in total. The van der Waals surface area contributed by atoms with Crippen molar-refractivity contribution < 1.29 is 19.1 Å². The standard InChI is InChI=1S/C19H18N2O4/c1-14(19(23)21-17-10-6-5-7-15(17)13-20)25-18(22)11-12-24-16-8-3-2-4-9-16/h2-10,14H,11-12H2,1H3,(H,21,23)/t14-/m0/s1. The molecule has 0 aliphatic heterocycles. The average molecular weight is 338 g/mol. The molecule has 1 N–H and O–H groups in total. The van der Waals surface area contributed by atoms with Gasteiger partial charge in [0.1, 0.15) is 11.8 Å². The Kier molecular flexibility index (Phi) is 6.55. The van der Waals surface area contributed by atoms with E-state index < -0.39 is 18.0 Å². The second-order valence-electron chi connectivity index (χ2n) is 5.19. The van der Waals surface area contributed by atoms with Gasteiger partial charge in [0.15, 0.2) is 6.10 Å². The molecule has 0 saturated heterocycles. The van der Waals surface area contributed by atoms with Crippen LogP contribution in [0, 0.1) is 11.3 Å². The zero-order valence-corrected chi connectivity index (χ0v) is 13.8. The maximum atomic E-state index is 12.1. The van der Waals surface area contributed by atoms with E-state index in [4.69, 9.17) is 14.7 Å². The van der Waals surface area contributed by atoms with E-state index in [0.717, 1.165) is 0 Å². The molecule has 0 saturated carbocycles. The van der Waals surface area contributed by atoms with Crippen molar-refractivity contribution in [2.75, 3.05) is 11.9 Å². The SMILES string of the molecule is C[C@H](OC(=O)CCOc1ccccc1)C(=O)Nc1ccccc1C#N. The summed E-state index contributed by atoms with van der Waals surface area (Å²) >= 11 is 0.